The van der Waals surface area contributed by atoms with Crippen molar-refractivity contribution in [1.82, 2.24) is 0 Å². The molecule has 0 N–H and O–H groups in total. The highest BCUT2D eigenvalue weighted by molar-refractivity contribution is 7.53. The second kappa shape index (κ2) is 14.0. The molecule has 0 aliphatic heterocycles. The van der Waals surface area contributed by atoms with E-state index in [9.17, 15) is 17.7 Å². The van der Waals surface area contributed by atoms with Gasteiger partial charge in [0.05, 0.1) is 18.8 Å². The Morgan fingerprint density at radius 2 is 1.50 bits per heavy atom. The van der Waals surface area contributed by atoms with Gasteiger partial charge in [-0.1, -0.05) is 12.1 Å². The van der Waals surface area contributed by atoms with Gasteiger partial charge in [-0.15, -0.1) is 0 Å². The number of hydrogen-bond acceptors (Lipinski definition) is 7. The van der Waals surface area contributed by atoms with Crippen molar-refractivity contribution in [3.63, 3.8) is 0 Å². The molecule has 0 unspecified atom stereocenters. The number of benzene rings is 3. The molecule has 0 atom stereocenters. The van der Waals surface area contributed by atoms with Gasteiger partial charge in [-0.3, -0.25) is 4.57 Å². The molecule has 0 heterocycles. The monoisotopic (exact) mass is 582 g/mol. The van der Waals surface area contributed by atoms with Crippen LogP contribution in [-0.2, 0) is 30.9 Å². The first-order valence-corrected chi connectivity index (χ1v) is 14.4. The molecular formula is C29H34F3O7P. The summed E-state index contributed by atoms with van der Waals surface area (Å²) in [5, 5.41) is 0. The Morgan fingerprint density at radius 1 is 0.825 bits per heavy atom. The third kappa shape index (κ3) is 8.73. The topological polar surface area (TPSA) is 72.5 Å². The van der Waals surface area contributed by atoms with Gasteiger partial charge in [0.15, 0.2) is 24.6 Å². The lowest BCUT2D eigenvalue weighted by molar-refractivity contribution is -0.137. The van der Waals surface area contributed by atoms with E-state index in [2.05, 4.69) is 0 Å². The molecule has 0 aliphatic carbocycles. The lowest BCUT2D eigenvalue weighted by atomic mass is 9.95. The van der Waals surface area contributed by atoms with Crippen LogP contribution < -0.4 is 14.2 Å². The van der Waals surface area contributed by atoms with Crippen LogP contribution in [0.4, 0.5) is 13.2 Å². The van der Waals surface area contributed by atoms with Crippen molar-refractivity contribution in [3.8, 4) is 23.0 Å². The van der Waals surface area contributed by atoms with Crippen LogP contribution in [0.3, 0.4) is 0 Å². The van der Waals surface area contributed by atoms with Gasteiger partial charge in [0, 0.05) is 7.11 Å². The molecule has 0 bridgehead atoms. The largest absolute Gasteiger partial charge is 0.481 e. The fraction of sp³-hybridized carbons (Fsp3) is 0.379. The number of ether oxygens (including phenoxy) is 4. The van der Waals surface area contributed by atoms with Crippen molar-refractivity contribution in [2.24, 2.45) is 0 Å². The fourth-order valence-electron chi connectivity index (χ4n) is 4.03. The van der Waals surface area contributed by atoms with E-state index in [-0.39, 0.29) is 37.9 Å². The van der Waals surface area contributed by atoms with Crippen LogP contribution in [-0.4, -0.2) is 33.5 Å². The second-order valence-electron chi connectivity index (χ2n) is 8.89. The first-order valence-electron chi connectivity index (χ1n) is 12.7. The molecule has 0 saturated heterocycles. The number of aryl methyl sites for hydroxylation is 2. The molecule has 0 aliphatic rings. The van der Waals surface area contributed by atoms with Crippen molar-refractivity contribution in [2.75, 3.05) is 33.5 Å². The molecule has 7 nitrogen and oxygen atoms in total. The van der Waals surface area contributed by atoms with Crippen LogP contribution >= 0.6 is 7.60 Å². The summed E-state index contributed by atoms with van der Waals surface area (Å²) in [7, 11) is -1.90. The van der Waals surface area contributed by atoms with Crippen LogP contribution in [0.1, 0.15) is 41.7 Å². The summed E-state index contributed by atoms with van der Waals surface area (Å²) in [6, 6.07) is 13.6. The van der Waals surface area contributed by atoms with Gasteiger partial charge in [0.1, 0.15) is 11.5 Å². The second-order valence-corrected chi connectivity index (χ2v) is 10.9. The molecule has 0 radical (unpaired) electrons. The molecule has 3 aromatic rings. The number of methoxy groups -OCH3 is 1. The van der Waals surface area contributed by atoms with Crippen molar-refractivity contribution in [1.29, 1.82) is 0 Å². The van der Waals surface area contributed by atoms with Gasteiger partial charge in [-0.25, -0.2) is 0 Å². The van der Waals surface area contributed by atoms with E-state index in [0.29, 0.717) is 17.9 Å². The number of halogens is 3. The first kappa shape index (κ1) is 31.5. The van der Waals surface area contributed by atoms with E-state index in [1.165, 1.54) is 19.2 Å². The molecule has 40 heavy (non-hydrogen) atoms. The molecule has 3 aromatic carbocycles. The number of hydrogen-bond donors (Lipinski definition) is 0. The molecule has 0 fully saturated rings. The Labute approximate surface area is 232 Å². The minimum Gasteiger partial charge on any atom is -0.481 e. The average molecular weight is 583 g/mol. The number of rotatable bonds is 14. The first-order chi connectivity index (χ1) is 19.0. The SMILES string of the molecule is CCOP(=O)(COc1cc(C)c(Cc2ccc(OCOC)c(Oc3cccc(C(F)(F)F)c3)c2)c(C)c1)OCC. The van der Waals surface area contributed by atoms with E-state index in [0.717, 1.165) is 34.4 Å². The summed E-state index contributed by atoms with van der Waals surface area (Å²) < 4.78 is 85.1. The molecular weight excluding hydrogens is 548 g/mol. The van der Waals surface area contributed by atoms with Crippen LogP contribution in [0.15, 0.2) is 54.6 Å². The van der Waals surface area contributed by atoms with E-state index in [4.69, 9.17) is 28.0 Å². The maximum atomic E-state index is 13.2. The average Bonchev–Trinajstić information content (AvgIpc) is 2.89. The van der Waals surface area contributed by atoms with E-state index in [1.807, 2.05) is 32.0 Å². The summed E-state index contributed by atoms with van der Waals surface area (Å²) in [5.74, 6) is 1.15. The van der Waals surface area contributed by atoms with Gasteiger partial charge in [-0.05, 0) is 98.8 Å². The Balaban J connectivity index is 1.84. The predicted octanol–water partition coefficient (Wildman–Crippen LogP) is 8.29. The predicted molar refractivity (Wildman–Crippen MR) is 146 cm³/mol. The highest BCUT2D eigenvalue weighted by atomic mass is 31.2. The van der Waals surface area contributed by atoms with Crippen molar-refractivity contribution >= 4 is 7.60 Å². The van der Waals surface area contributed by atoms with E-state index in [1.54, 1.807) is 26.0 Å². The molecule has 0 amide bonds. The lowest BCUT2D eigenvalue weighted by Gasteiger charge is -2.19. The third-order valence-electron chi connectivity index (χ3n) is 5.82. The molecule has 0 spiro atoms. The van der Waals surface area contributed by atoms with Crippen LogP contribution in [0, 0.1) is 13.8 Å². The molecule has 218 valence electrons. The summed E-state index contributed by atoms with van der Waals surface area (Å²) in [6.45, 7) is 7.78. The fourth-order valence-corrected chi connectivity index (χ4v) is 5.34. The quantitative estimate of drug-likeness (QED) is 0.140. The molecule has 0 saturated carbocycles. The minimum absolute atomic E-state index is 0.0273. The standard InChI is InChI=1S/C29H34F3O7P/c1-6-37-40(33,38-7-2)19-36-25-13-20(3)26(21(4)14-25)15-22-11-12-27(35-18-34-5)28(16-22)39-24-10-8-9-23(17-24)29(30,31)32/h8-14,16-17H,6-7,15,18-19H2,1-5H3. The van der Waals surface area contributed by atoms with Gasteiger partial charge in [-0.2, -0.15) is 13.2 Å². The molecule has 3 rings (SSSR count). The van der Waals surface area contributed by atoms with Crippen LogP contribution in [0.2, 0.25) is 0 Å². The highest BCUT2D eigenvalue weighted by Crippen LogP contribution is 2.48. The Kier molecular flexibility index (Phi) is 11.0. The normalized spacial score (nSPS) is 11.9. The van der Waals surface area contributed by atoms with Crippen LogP contribution in [0.5, 0.6) is 23.0 Å². The van der Waals surface area contributed by atoms with Gasteiger partial charge < -0.3 is 28.0 Å². The van der Waals surface area contributed by atoms with Gasteiger partial charge >= 0.3 is 13.8 Å². The summed E-state index contributed by atoms with van der Waals surface area (Å²) in [4.78, 5) is 0. The van der Waals surface area contributed by atoms with Crippen molar-refractivity contribution in [3.05, 3.63) is 82.4 Å². The minimum atomic E-state index is -4.50. The maximum Gasteiger partial charge on any atom is 0.416 e. The zero-order valence-electron chi connectivity index (χ0n) is 23.2. The smallest absolute Gasteiger partial charge is 0.416 e. The lowest BCUT2D eigenvalue weighted by Crippen LogP contribution is -2.06. The summed E-state index contributed by atoms with van der Waals surface area (Å²) in [6.07, 6.45) is -4.19. The van der Waals surface area contributed by atoms with Crippen molar-refractivity contribution in [2.45, 2.75) is 40.3 Å². The zero-order chi connectivity index (χ0) is 29.3. The Morgan fingerprint density at radius 3 is 2.10 bits per heavy atom. The van der Waals surface area contributed by atoms with Crippen LogP contribution in [0.25, 0.3) is 0 Å². The summed E-state index contributed by atoms with van der Waals surface area (Å²) in [5.41, 5.74) is 2.95. The van der Waals surface area contributed by atoms with E-state index >= 15 is 0 Å². The number of alkyl halides is 3. The Hall–Kier alpha value is -3.04. The van der Waals surface area contributed by atoms with E-state index < -0.39 is 19.3 Å². The van der Waals surface area contributed by atoms with Crippen molar-refractivity contribution < 1.29 is 45.7 Å². The van der Waals surface area contributed by atoms with Gasteiger partial charge in [0.25, 0.3) is 0 Å². The Bertz CT molecular complexity index is 1290. The molecule has 11 heteroatoms. The third-order valence-corrected chi connectivity index (χ3v) is 7.57. The molecule has 0 aromatic heterocycles. The maximum absolute atomic E-state index is 13.2. The van der Waals surface area contributed by atoms with Gasteiger partial charge in [0.2, 0.25) is 0 Å². The zero-order valence-corrected chi connectivity index (χ0v) is 24.1. The highest BCUT2D eigenvalue weighted by Gasteiger charge is 2.31. The summed E-state index contributed by atoms with van der Waals surface area (Å²) >= 11 is 0.